The topological polar surface area (TPSA) is 59.9 Å². The Balaban J connectivity index is 2.63. The number of rotatable bonds is 5. The van der Waals surface area contributed by atoms with Crippen molar-refractivity contribution in [2.75, 3.05) is 20.0 Å². The van der Waals surface area contributed by atoms with Crippen LogP contribution < -0.4 is 5.69 Å². The molecule has 0 unspecified atom stereocenters. The van der Waals surface area contributed by atoms with Crippen LogP contribution >= 0.6 is 11.8 Å². The SMILES string of the molecule is COCCCn1c(SC)n[nH]c1=O. The van der Waals surface area contributed by atoms with Crippen LogP contribution in [0.2, 0.25) is 0 Å². The van der Waals surface area contributed by atoms with Crippen LogP contribution in [0.4, 0.5) is 0 Å². The predicted octanol–water partition coefficient (Wildman–Crippen LogP) is 0.330. The molecule has 0 aliphatic rings. The van der Waals surface area contributed by atoms with Gasteiger partial charge in [-0.3, -0.25) is 4.57 Å². The molecule has 74 valence electrons. The van der Waals surface area contributed by atoms with Crippen LogP contribution in [0, 0.1) is 0 Å². The van der Waals surface area contributed by atoms with E-state index in [2.05, 4.69) is 10.2 Å². The summed E-state index contributed by atoms with van der Waals surface area (Å²) in [4.78, 5) is 11.2. The van der Waals surface area contributed by atoms with Crippen LogP contribution in [0.3, 0.4) is 0 Å². The third-order valence-corrected chi connectivity index (χ3v) is 2.31. The van der Waals surface area contributed by atoms with Crippen LogP contribution in [0.5, 0.6) is 0 Å². The van der Waals surface area contributed by atoms with Crippen molar-refractivity contribution in [2.45, 2.75) is 18.1 Å². The first-order valence-corrected chi connectivity index (χ1v) is 5.20. The molecule has 0 aliphatic heterocycles. The maximum atomic E-state index is 11.2. The maximum Gasteiger partial charge on any atom is 0.343 e. The molecular formula is C7H13N3O2S. The molecule has 0 atom stereocenters. The Labute approximate surface area is 80.5 Å². The molecule has 0 spiro atoms. The zero-order valence-corrected chi connectivity index (χ0v) is 8.56. The Morgan fingerprint density at radius 3 is 3.08 bits per heavy atom. The summed E-state index contributed by atoms with van der Waals surface area (Å²) >= 11 is 1.45. The van der Waals surface area contributed by atoms with Gasteiger partial charge in [0.15, 0.2) is 5.16 Å². The van der Waals surface area contributed by atoms with Crippen LogP contribution in [0.25, 0.3) is 0 Å². The number of methoxy groups -OCH3 is 1. The third kappa shape index (κ3) is 2.60. The van der Waals surface area contributed by atoms with Gasteiger partial charge < -0.3 is 4.74 Å². The molecule has 1 heterocycles. The number of aromatic amines is 1. The van der Waals surface area contributed by atoms with Crippen LogP contribution in [-0.2, 0) is 11.3 Å². The lowest BCUT2D eigenvalue weighted by Crippen LogP contribution is -2.18. The summed E-state index contributed by atoms with van der Waals surface area (Å²) in [5, 5.41) is 6.99. The first kappa shape index (κ1) is 10.3. The standard InChI is InChI=1S/C7H13N3O2S/c1-12-5-3-4-10-6(11)8-9-7(10)13-2/h3-5H2,1-2H3,(H,8,11). The molecule has 6 heteroatoms. The van der Waals surface area contributed by atoms with Crippen molar-refractivity contribution in [2.24, 2.45) is 0 Å². The number of nitrogens with one attached hydrogen (secondary N) is 1. The molecule has 1 N–H and O–H groups in total. The molecule has 5 nitrogen and oxygen atoms in total. The Morgan fingerprint density at radius 2 is 2.46 bits per heavy atom. The minimum atomic E-state index is -0.152. The van der Waals surface area contributed by atoms with Gasteiger partial charge in [0.25, 0.3) is 0 Å². The lowest BCUT2D eigenvalue weighted by atomic mass is 10.4. The molecule has 0 fully saturated rings. The van der Waals surface area contributed by atoms with Gasteiger partial charge in [0.2, 0.25) is 0 Å². The lowest BCUT2D eigenvalue weighted by Gasteiger charge is -2.02. The molecule has 13 heavy (non-hydrogen) atoms. The lowest BCUT2D eigenvalue weighted by molar-refractivity contribution is 0.189. The average Bonchev–Trinajstić information content (AvgIpc) is 2.48. The molecule has 1 aromatic heterocycles. The number of hydrogen-bond donors (Lipinski definition) is 1. The summed E-state index contributed by atoms with van der Waals surface area (Å²) in [5.74, 6) is 0. The Bertz CT molecular complexity index is 307. The van der Waals surface area contributed by atoms with E-state index in [0.717, 1.165) is 11.6 Å². The quantitative estimate of drug-likeness (QED) is 0.553. The fraction of sp³-hybridized carbons (Fsp3) is 0.714. The van der Waals surface area contributed by atoms with Crippen LogP contribution in [0.15, 0.2) is 9.95 Å². The second-order valence-corrected chi connectivity index (χ2v) is 3.29. The Morgan fingerprint density at radius 1 is 1.69 bits per heavy atom. The monoisotopic (exact) mass is 203 g/mol. The third-order valence-electron chi connectivity index (χ3n) is 1.64. The number of ether oxygens (including phenoxy) is 1. The molecule has 0 aliphatic carbocycles. The van der Waals surface area contributed by atoms with Gasteiger partial charge in [-0.25, -0.2) is 9.89 Å². The number of aromatic nitrogens is 3. The summed E-state index contributed by atoms with van der Waals surface area (Å²) < 4.78 is 6.52. The largest absolute Gasteiger partial charge is 0.385 e. The molecule has 1 rings (SSSR count). The van der Waals surface area contributed by atoms with E-state index in [1.54, 1.807) is 11.7 Å². The number of nitrogens with zero attached hydrogens (tertiary/aromatic N) is 2. The van der Waals surface area contributed by atoms with Gasteiger partial charge in [-0.1, -0.05) is 11.8 Å². The summed E-state index contributed by atoms with van der Waals surface area (Å²) in [6.07, 6.45) is 2.71. The Kier molecular flexibility index (Phi) is 4.04. The number of hydrogen-bond acceptors (Lipinski definition) is 4. The second-order valence-electron chi connectivity index (χ2n) is 2.51. The normalized spacial score (nSPS) is 10.6. The molecule has 0 saturated carbocycles. The van der Waals surface area contributed by atoms with E-state index < -0.39 is 0 Å². The van der Waals surface area contributed by atoms with E-state index in [4.69, 9.17) is 4.74 Å². The average molecular weight is 203 g/mol. The maximum absolute atomic E-state index is 11.2. The molecule has 0 saturated heterocycles. The fourth-order valence-corrected chi connectivity index (χ4v) is 1.55. The zero-order valence-electron chi connectivity index (χ0n) is 7.74. The summed E-state index contributed by atoms with van der Waals surface area (Å²) in [6, 6.07) is 0. The van der Waals surface area contributed by atoms with Crippen molar-refractivity contribution >= 4 is 11.8 Å². The highest BCUT2D eigenvalue weighted by atomic mass is 32.2. The van der Waals surface area contributed by atoms with Gasteiger partial charge in [-0.2, -0.15) is 0 Å². The van der Waals surface area contributed by atoms with Crippen molar-refractivity contribution in [1.82, 2.24) is 14.8 Å². The molecule has 0 radical (unpaired) electrons. The molecule has 1 aromatic rings. The van der Waals surface area contributed by atoms with Crippen LogP contribution in [-0.4, -0.2) is 34.7 Å². The number of H-pyrrole nitrogens is 1. The van der Waals surface area contributed by atoms with E-state index >= 15 is 0 Å². The summed E-state index contributed by atoms with van der Waals surface area (Å²) in [6.45, 7) is 1.31. The zero-order chi connectivity index (χ0) is 9.68. The van der Waals surface area contributed by atoms with Crippen molar-refractivity contribution in [3.05, 3.63) is 10.5 Å². The highest BCUT2D eigenvalue weighted by Crippen LogP contribution is 2.07. The van der Waals surface area contributed by atoms with E-state index in [1.165, 1.54) is 11.8 Å². The summed E-state index contributed by atoms with van der Waals surface area (Å²) in [7, 11) is 1.65. The minimum Gasteiger partial charge on any atom is -0.385 e. The molecule has 0 bridgehead atoms. The van der Waals surface area contributed by atoms with Crippen molar-refractivity contribution in [3.63, 3.8) is 0 Å². The van der Waals surface area contributed by atoms with Crippen molar-refractivity contribution < 1.29 is 4.74 Å². The molecular weight excluding hydrogens is 190 g/mol. The van der Waals surface area contributed by atoms with Gasteiger partial charge in [0, 0.05) is 20.3 Å². The molecule has 0 amide bonds. The van der Waals surface area contributed by atoms with Gasteiger partial charge >= 0.3 is 5.69 Å². The Hall–Kier alpha value is -0.750. The van der Waals surface area contributed by atoms with Gasteiger partial charge in [-0.15, -0.1) is 5.10 Å². The number of thioether (sulfide) groups is 1. The van der Waals surface area contributed by atoms with E-state index in [-0.39, 0.29) is 5.69 Å². The van der Waals surface area contributed by atoms with Crippen molar-refractivity contribution in [1.29, 1.82) is 0 Å². The predicted molar refractivity (Wildman–Crippen MR) is 51.1 cm³/mol. The van der Waals surface area contributed by atoms with E-state index in [9.17, 15) is 4.79 Å². The van der Waals surface area contributed by atoms with Gasteiger partial charge in [0.1, 0.15) is 0 Å². The molecule has 0 aromatic carbocycles. The highest BCUT2D eigenvalue weighted by molar-refractivity contribution is 7.98. The van der Waals surface area contributed by atoms with Gasteiger partial charge in [-0.05, 0) is 12.7 Å². The van der Waals surface area contributed by atoms with E-state index in [1.807, 2.05) is 6.26 Å². The van der Waals surface area contributed by atoms with E-state index in [0.29, 0.717) is 13.2 Å². The minimum absolute atomic E-state index is 0.152. The summed E-state index contributed by atoms with van der Waals surface area (Å²) in [5.41, 5.74) is -0.152. The first-order valence-electron chi connectivity index (χ1n) is 3.97. The van der Waals surface area contributed by atoms with Gasteiger partial charge in [0.05, 0.1) is 0 Å². The first-order chi connectivity index (χ1) is 6.29. The second kappa shape index (κ2) is 5.08. The smallest absolute Gasteiger partial charge is 0.343 e. The highest BCUT2D eigenvalue weighted by Gasteiger charge is 2.05. The fourth-order valence-electron chi connectivity index (χ4n) is 1.02. The van der Waals surface area contributed by atoms with Crippen LogP contribution in [0.1, 0.15) is 6.42 Å². The van der Waals surface area contributed by atoms with Crippen molar-refractivity contribution in [3.8, 4) is 0 Å².